The summed E-state index contributed by atoms with van der Waals surface area (Å²) in [6.07, 6.45) is 1.65. The Morgan fingerprint density at radius 2 is 1.80 bits per heavy atom. The van der Waals surface area contributed by atoms with Crippen LogP contribution in [0.1, 0.15) is 29.5 Å². The van der Waals surface area contributed by atoms with Crippen LogP contribution in [0.5, 0.6) is 0 Å². The second kappa shape index (κ2) is 8.99. The number of amides is 2. The Kier molecular flexibility index (Phi) is 6.71. The smallest absolute Gasteiger partial charge is 0.240 e. The van der Waals surface area contributed by atoms with Crippen LogP contribution in [-0.2, 0) is 9.59 Å². The molecule has 5 nitrogen and oxygen atoms in total. The summed E-state index contributed by atoms with van der Waals surface area (Å²) < 4.78 is 0. The van der Waals surface area contributed by atoms with E-state index in [0.29, 0.717) is 5.02 Å². The third-order valence-corrected chi connectivity index (χ3v) is 3.86. The molecule has 0 unspecified atom stereocenters. The zero-order chi connectivity index (χ0) is 18.2. The van der Waals surface area contributed by atoms with E-state index in [1.165, 1.54) is 6.21 Å². The van der Waals surface area contributed by atoms with Crippen LogP contribution in [0.3, 0.4) is 0 Å². The number of nitrogens with one attached hydrogen (secondary N) is 2. The normalized spacial score (nSPS) is 10.7. The molecule has 0 heterocycles. The maximum Gasteiger partial charge on any atom is 0.240 e. The van der Waals surface area contributed by atoms with Crippen LogP contribution in [0.15, 0.2) is 47.6 Å². The first-order valence-electron chi connectivity index (χ1n) is 7.88. The highest BCUT2D eigenvalue weighted by atomic mass is 35.5. The topological polar surface area (TPSA) is 70.6 Å². The van der Waals surface area contributed by atoms with Crippen molar-refractivity contribution < 1.29 is 9.59 Å². The molecular weight excluding hydrogens is 338 g/mol. The summed E-state index contributed by atoms with van der Waals surface area (Å²) >= 11 is 5.86. The average molecular weight is 358 g/mol. The van der Waals surface area contributed by atoms with Gasteiger partial charge in [0.25, 0.3) is 0 Å². The van der Waals surface area contributed by atoms with Crippen LogP contribution in [0, 0.1) is 13.8 Å². The van der Waals surface area contributed by atoms with Crippen molar-refractivity contribution in [3.63, 3.8) is 0 Å². The number of carbonyl (C=O) groups is 2. The second-order valence-electron chi connectivity index (χ2n) is 5.70. The van der Waals surface area contributed by atoms with Gasteiger partial charge in [0, 0.05) is 23.6 Å². The fraction of sp³-hybridized carbons (Fsp3) is 0.211. The molecule has 0 bridgehead atoms. The maximum absolute atomic E-state index is 11.9. The van der Waals surface area contributed by atoms with Crippen LogP contribution in [0.25, 0.3) is 0 Å². The second-order valence-corrected chi connectivity index (χ2v) is 6.13. The maximum atomic E-state index is 11.9. The van der Waals surface area contributed by atoms with Crippen molar-refractivity contribution in [1.82, 2.24) is 5.43 Å². The molecule has 0 saturated carbocycles. The standard InChI is InChI=1S/C19H20ClN3O2/c1-13-6-7-17(10-14(13)2)22-18(24)8-9-19(25)23-21-12-15-4-3-5-16(20)11-15/h3-7,10-12H,8-9H2,1-2H3,(H,22,24)(H,23,25)/b21-12+. The first-order valence-corrected chi connectivity index (χ1v) is 8.26. The molecule has 0 fully saturated rings. The molecule has 0 atom stereocenters. The van der Waals surface area contributed by atoms with Crippen LogP contribution >= 0.6 is 11.6 Å². The van der Waals surface area contributed by atoms with Gasteiger partial charge in [-0.15, -0.1) is 0 Å². The van der Waals surface area contributed by atoms with Crippen molar-refractivity contribution >= 4 is 35.3 Å². The van der Waals surface area contributed by atoms with Crippen molar-refractivity contribution in [2.24, 2.45) is 5.10 Å². The highest BCUT2D eigenvalue weighted by Crippen LogP contribution is 2.14. The molecule has 0 aliphatic heterocycles. The molecule has 0 aliphatic carbocycles. The van der Waals surface area contributed by atoms with E-state index in [1.807, 2.05) is 38.1 Å². The summed E-state index contributed by atoms with van der Waals surface area (Å²) in [6.45, 7) is 3.99. The number of carbonyl (C=O) groups excluding carboxylic acids is 2. The fourth-order valence-electron chi connectivity index (χ4n) is 2.09. The van der Waals surface area contributed by atoms with E-state index in [2.05, 4.69) is 15.8 Å². The van der Waals surface area contributed by atoms with Gasteiger partial charge in [-0.2, -0.15) is 5.10 Å². The Bertz CT molecular complexity index is 803. The van der Waals surface area contributed by atoms with Crippen molar-refractivity contribution in [1.29, 1.82) is 0 Å². The summed E-state index contributed by atoms with van der Waals surface area (Å²) in [7, 11) is 0. The van der Waals surface area contributed by atoms with Gasteiger partial charge in [-0.1, -0.05) is 29.8 Å². The lowest BCUT2D eigenvalue weighted by Gasteiger charge is -2.07. The molecule has 6 heteroatoms. The highest BCUT2D eigenvalue weighted by Gasteiger charge is 2.07. The van der Waals surface area contributed by atoms with Gasteiger partial charge >= 0.3 is 0 Å². The van der Waals surface area contributed by atoms with Gasteiger partial charge < -0.3 is 5.32 Å². The first-order chi connectivity index (χ1) is 11.9. The first kappa shape index (κ1) is 18.7. The Labute approximate surface area is 152 Å². The number of hydrogen-bond donors (Lipinski definition) is 2. The van der Waals surface area contributed by atoms with E-state index in [-0.39, 0.29) is 24.7 Å². The molecule has 0 saturated heterocycles. The summed E-state index contributed by atoms with van der Waals surface area (Å²) in [4.78, 5) is 23.6. The van der Waals surface area contributed by atoms with Gasteiger partial charge in [0.05, 0.1) is 6.21 Å². The Morgan fingerprint density at radius 1 is 1.04 bits per heavy atom. The number of hydrazone groups is 1. The zero-order valence-corrected chi connectivity index (χ0v) is 14.9. The van der Waals surface area contributed by atoms with Gasteiger partial charge in [-0.05, 0) is 54.8 Å². The number of anilines is 1. The number of rotatable bonds is 6. The monoisotopic (exact) mass is 357 g/mol. The van der Waals surface area contributed by atoms with Crippen molar-refractivity contribution in [3.05, 3.63) is 64.2 Å². The van der Waals surface area contributed by atoms with Gasteiger partial charge in [-0.3, -0.25) is 9.59 Å². The van der Waals surface area contributed by atoms with Crippen molar-refractivity contribution in [2.75, 3.05) is 5.32 Å². The highest BCUT2D eigenvalue weighted by molar-refractivity contribution is 6.30. The van der Waals surface area contributed by atoms with Crippen LogP contribution < -0.4 is 10.7 Å². The number of halogens is 1. The minimum Gasteiger partial charge on any atom is -0.326 e. The average Bonchev–Trinajstić information content (AvgIpc) is 2.56. The summed E-state index contributed by atoms with van der Waals surface area (Å²) in [5.74, 6) is -0.536. The van der Waals surface area contributed by atoms with E-state index in [4.69, 9.17) is 11.6 Å². The number of benzene rings is 2. The number of hydrogen-bond acceptors (Lipinski definition) is 3. The molecule has 130 valence electrons. The molecule has 2 N–H and O–H groups in total. The predicted octanol–water partition coefficient (Wildman–Crippen LogP) is 3.83. The SMILES string of the molecule is Cc1ccc(NC(=O)CCC(=O)N/N=C/c2cccc(Cl)c2)cc1C. The quantitative estimate of drug-likeness (QED) is 0.609. The molecular formula is C19H20ClN3O2. The molecule has 0 aromatic heterocycles. The van der Waals surface area contributed by atoms with Crippen molar-refractivity contribution in [2.45, 2.75) is 26.7 Å². The van der Waals surface area contributed by atoms with Crippen LogP contribution in [-0.4, -0.2) is 18.0 Å². The van der Waals surface area contributed by atoms with E-state index in [1.54, 1.807) is 18.2 Å². The minimum absolute atomic E-state index is 0.0591. The van der Waals surface area contributed by atoms with Crippen LogP contribution in [0.4, 0.5) is 5.69 Å². The zero-order valence-electron chi connectivity index (χ0n) is 14.2. The summed E-state index contributed by atoms with van der Waals surface area (Å²) in [5.41, 5.74) is 6.17. The van der Waals surface area contributed by atoms with Crippen LogP contribution in [0.2, 0.25) is 5.02 Å². The summed E-state index contributed by atoms with van der Waals surface area (Å²) in [5, 5.41) is 7.23. The number of aryl methyl sites for hydroxylation is 2. The van der Waals surface area contributed by atoms with Crippen molar-refractivity contribution in [3.8, 4) is 0 Å². The van der Waals surface area contributed by atoms with Gasteiger partial charge in [0.1, 0.15) is 0 Å². The molecule has 2 aromatic carbocycles. The van der Waals surface area contributed by atoms with Gasteiger partial charge in [-0.25, -0.2) is 5.43 Å². The predicted molar refractivity (Wildman–Crippen MR) is 101 cm³/mol. The molecule has 0 aliphatic rings. The third-order valence-electron chi connectivity index (χ3n) is 3.62. The lowest BCUT2D eigenvalue weighted by molar-refractivity contribution is -0.124. The summed E-state index contributed by atoms with van der Waals surface area (Å²) in [6, 6.07) is 12.8. The fourth-order valence-corrected chi connectivity index (χ4v) is 2.29. The lowest BCUT2D eigenvalue weighted by atomic mass is 10.1. The van der Waals surface area contributed by atoms with E-state index in [0.717, 1.165) is 22.4 Å². The molecule has 2 aromatic rings. The Morgan fingerprint density at radius 3 is 2.52 bits per heavy atom. The lowest BCUT2D eigenvalue weighted by Crippen LogP contribution is -2.20. The van der Waals surface area contributed by atoms with E-state index >= 15 is 0 Å². The van der Waals surface area contributed by atoms with E-state index in [9.17, 15) is 9.59 Å². The molecule has 0 spiro atoms. The molecule has 25 heavy (non-hydrogen) atoms. The number of nitrogens with zero attached hydrogens (tertiary/aromatic N) is 1. The van der Waals surface area contributed by atoms with Gasteiger partial charge in [0.2, 0.25) is 11.8 Å². The minimum atomic E-state index is -0.325. The molecule has 2 rings (SSSR count). The van der Waals surface area contributed by atoms with E-state index < -0.39 is 0 Å². The molecule has 2 amide bonds. The Hall–Kier alpha value is -2.66. The van der Waals surface area contributed by atoms with Gasteiger partial charge in [0.15, 0.2) is 0 Å². The largest absolute Gasteiger partial charge is 0.326 e. The Balaban J connectivity index is 1.75. The molecule has 0 radical (unpaired) electrons. The third kappa shape index (κ3) is 6.39.